The summed E-state index contributed by atoms with van der Waals surface area (Å²) in [6.45, 7) is 0.911. The molecule has 0 spiro atoms. The molecule has 2 amide bonds. The molecule has 1 aromatic carbocycles. The van der Waals surface area contributed by atoms with Gasteiger partial charge in [0.15, 0.2) is 0 Å². The molecule has 1 heterocycles. The van der Waals surface area contributed by atoms with E-state index >= 15 is 0 Å². The van der Waals surface area contributed by atoms with Crippen LogP contribution in [0.5, 0.6) is 0 Å². The van der Waals surface area contributed by atoms with E-state index in [9.17, 15) is 9.59 Å². The van der Waals surface area contributed by atoms with Gasteiger partial charge in [0.25, 0.3) is 5.91 Å². The predicted octanol–water partition coefficient (Wildman–Crippen LogP) is 1.54. The van der Waals surface area contributed by atoms with Crippen LogP contribution in [0.25, 0.3) is 0 Å². The number of carbonyl (C=O) groups is 2. The summed E-state index contributed by atoms with van der Waals surface area (Å²) in [5.74, 6) is -0.784. The first kappa shape index (κ1) is 14.5. The van der Waals surface area contributed by atoms with E-state index < -0.39 is 11.9 Å². The smallest absolute Gasteiger partial charge is 0.255 e. The van der Waals surface area contributed by atoms with Gasteiger partial charge in [-0.15, -0.1) is 0 Å². The molecule has 0 aromatic heterocycles. The lowest BCUT2D eigenvalue weighted by molar-refractivity contribution is -0.127. The number of morpholine rings is 1. The van der Waals surface area contributed by atoms with Crippen LogP contribution in [0, 0.1) is 0 Å². The van der Waals surface area contributed by atoms with E-state index in [2.05, 4.69) is 31.9 Å². The molecule has 1 atom stereocenters. The molecule has 0 aliphatic carbocycles. The monoisotopic (exact) mass is 390 g/mol. The summed E-state index contributed by atoms with van der Waals surface area (Å²) in [5.41, 5.74) is 5.80. The van der Waals surface area contributed by atoms with Gasteiger partial charge in [-0.1, -0.05) is 15.9 Å². The Labute approximate surface area is 127 Å². The number of rotatable bonds is 2. The van der Waals surface area contributed by atoms with Crippen molar-refractivity contribution in [3.8, 4) is 0 Å². The molecule has 2 rings (SSSR count). The van der Waals surface area contributed by atoms with Gasteiger partial charge < -0.3 is 15.4 Å². The number of hydrogen-bond acceptors (Lipinski definition) is 3. The number of ether oxygens (including phenoxy) is 1. The van der Waals surface area contributed by atoms with Gasteiger partial charge in [0, 0.05) is 15.5 Å². The Morgan fingerprint density at radius 2 is 2.11 bits per heavy atom. The van der Waals surface area contributed by atoms with Crippen LogP contribution in [0.4, 0.5) is 0 Å². The molecule has 0 radical (unpaired) electrons. The zero-order valence-electron chi connectivity index (χ0n) is 9.94. The summed E-state index contributed by atoms with van der Waals surface area (Å²) < 4.78 is 6.73. The molecule has 1 fully saturated rings. The second-order valence-corrected chi connectivity index (χ2v) is 5.89. The number of halogens is 2. The number of carbonyl (C=O) groups excluding carboxylic acids is 2. The molecule has 1 aromatic rings. The molecule has 1 unspecified atom stereocenters. The number of nitrogens with two attached hydrogens (primary N) is 1. The minimum atomic E-state index is -0.711. The van der Waals surface area contributed by atoms with E-state index in [0.29, 0.717) is 23.2 Å². The Bertz CT molecular complexity index is 522. The topological polar surface area (TPSA) is 72.6 Å². The van der Waals surface area contributed by atoms with Gasteiger partial charge >= 0.3 is 0 Å². The van der Waals surface area contributed by atoms with Crippen molar-refractivity contribution in [2.24, 2.45) is 5.73 Å². The fourth-order valence-corrected chi connectivity index (χ4v) is 3.12. The van der Waals surface area contributed by atoms with E-state index in [1.165, 1.54) is 4.90 Å². The first-order valence-electron chi connectivity index (χ1n) is 5.64. The minimum Gasteiger partial charge on any atom is -0.377 e. The maximum absolute atomic E-state index is 12.5. The minimum absolute atomic E-state index is 0.148. The fourth-order valence-electron chi connectivity index (χ4n) is 1.90. The van der Waals surface area contributed by atoms with Crippen molar-refractivity contribution in [3.05, 3.63) is 32.7 Å². The summed E-state index contributed by atoms with van der Waals surface area (Å²) in [5, 5.41) is 0. The Morgan fingerprint density at radius 1 is 1.37 bits per heavy atom. The largest absolute Gasteiger partial charge is 0.377 e. The van der Waals surface area contributed by atoms with E-state index in [0.717, 1.165) is 4.47 Å². The van der Waals surface area contributed by atoms with Crippen molar-refractivity contribution < 1.29 is 14.3 Å². The zero-order chi connectivity index (χ0) is 14.0. The van der Waals surface area contributed by atoms with E-state index in [1.807, 2.05) is 0 Å². The second-order valence-electron chi connectivity index (χ2n) is 4.12. The summed E-state index contributed by atoms with van der Waals surface area (Å²) in [6.07, 6.45) is 0. The number of nitrogens with zero attached hydrogens (tertiary/aromatic N) is 1. The fraction of sp³-hybridized carbons (Fsp3) is 0.333. The number of benzene rings is 1. The quantitative estimate of drug-likeness (QED) is 0.830. The highest BCUT2D eigenvalue weighted by Gasteiger charge is 2.32. The van der Waals surface area contributed by atoms with Crippen molar-refractivity contribution in [2.75, 3.05) is 19.8 Å². The van der Waals surface area contributed by atoms with Crippen LogP contribution >= 0.6 is 31.9 Å². The third-order valence-electron chi connectivity index (χ3n) is 2.88. The van der Waals surface area contributed by atoms with Gasteiger partial charge in [0.1, 0.15) is 6.04 Å². The lowest BCUT2D eigenvalue weighted by Gasteiger charge is -2.33. The van der Waals surface area contributed by atoms with Crippen molar-refractivity contribution in [1.29, 1.82) is 0 Å². The Morgan fingerprint density at radius 3 is 2.74 bits per heavy atom. The first-order chi connectivity index (χ1) is 9.00. The SMILES string of the molecule is NC(=O)C1COCCN1C(=O)c1ccc(Br)cc1Br. The highest BCUT2D eigenvalue weighted by Crippen LogP contribution is 2.24. The number of amides is 2. The molecule has 0 saturated carbocycles. The maximum Gasteiger partial charge on any atom is 0.255 e. The lowest BCUT2D eigenvalue weighted by Crippen LogP contribution is -2.54. The molecule has 2 N–H and O–H groups in total. The van der Waals surface area contributed by atoms with Gasteiger partial charge in [0.05, 0.1) is 18.8 Å². The predicted molar refractivity (Wildman–Crippen MR) is 76.7 cm³/mol. The van der Waals surface area contributed by atoms with Gasteiger partial charge in [-0.3, -0.25) is 9.59 Å². The maximum atomic E-state index is 12.5. The van der Waals surface area contributed by atoms with Crippen molar-refractivity contribution in [2.45, 2.75) is 6.04 Å². The molecule has 1 aliphatic heterocycles. The Hall–Kier alpha value is -0.920. The van der Waals surface area contributed by atoms with Crippen LogP contribution in [0.1, 0.15) is 10.4 Å². The average molecular weight is 392 g/mol. The molecule has 1 aliphatic rings. The van der Waals surface area contributed by atoms with Crippen LogP contribution in [0.2, 0.25) is 0 Å². The highest BCUT2D eigenvalue weighted by atomic mass is 79.9. The molecule has 7 heteroatoms. The number of primary amides is 1. The Balaban J connectivity index is 2.28. The van der Waals surface area contributed by atoms with Gasteiger partial charge in [-0.05, 0) is 34.1 Å². The third kappa shape index (κ3) is 3.16. The third-order valence-corrected chi connectivity index (χ3v) is 4.03. The standard InChI is InChI=1S/C12H12Br2N2O3/c13-7-1-2-8(9(14)5-7)12(18)16-3-4-19-6-10(16)11(15)17/h1-2,5,10H,3-4,6H2,(H2,15,17). The molecule has 0 bridgehead atoms. The van der Waals surface area contributed by atoms with Crippen LogP contribution < -0.4 is 5.73 Å². The summed E-state index contributed by atoms with van der Waals surface area (Å²) in [7, 11) is 0. The normalized spacial score (nSPS) is 19.3. The van der Waals surface area contributed by atoms with Crippen LogP contribution in [0.15, 0.2) is 27.1 Å². The van der Waals surface area contributed by atoms with Crippen molar-refractivity contribution in [3.63, 3.8) is 0 Å². The first-order valence-corrected chi connectivity index (χ1v) is 7.22. The number of hydrogen-bond donors (Lipinski definition) is 1. The summed E-state index contributed by atoms with van der Waals surface area (Å²) in [6, 6.07) is 4.55. The van der Waals surface area contributed by atoms with Crippen LogP contribution in [-0.4, -0.2) is 42.5 Å². The molecule has 19 heavy (non-hydrogen) atoms. The van der Waals surface area contributed by atoms with Gasteiger partial charge in [0.2, 0.25) is 5.91 Å². The van der Waals surface area contributed by atoms with Crippen LogP contribution in [0.3, 0.4) is 0 Å². The van der Waals surface area contributed by atoms with Crippen molar-refractivity contribution in [1.82, 2.24) is 4.90 Å². The van der Waals surface area contributed by atoms with Crippen molar-refractivity contribution >= 4 is 43.7 Å². The average Bonchev–Trinajstić information content (AvgIpc) is 2.38. The summed E-state index contributed by atoms with van der Waals surface area (Å²) >= 11 is 6.67. The molecular weight excluding hydrogens is 380 g/mol. The zero-order valence-corrected chi connectivity index (χ0v) is 13.1. The summed E-state index contributed by atoms with van der Waals surface area (Å²) in [4.78, 5) is 25.3. The van der Waals surface area contributed by atoms with E-state index in [1.54, 1.807) is 18.2 Å². The molecule has 5 nitrogen and oxygen atoms in total. The molecule has 102 valence electrons. The highest BCUT2D eigenvalue weighted by molar-refractivity contribution is 9.11. The molecule has 1 saturated heterocycles. The van der Waals surface area contributed by atoms with E-state index in [4.69, 9.17) is 10.5 Å². The second kappa shape index (κ2) is 6.02. The molecular formula is C12H12Br2N2O3. The van der Waals surface area contributed by atoms with E-state index in [-0.39, 0.29) is 12.5 Å². The Kier molecular flexibility index (Phi) is 4.59. The van der Waals surface area contributed by atoms with Gasteiger partial charge in [-0.25, -0.2) is 0 Å². The van der Waals surface area contributed by atoms with Crippen LogP contribution in [-0.2, 0) is 9.53 Å². The van der Waals surface area contributed by atoms with Gasteiger partial charge in [-0.2, -0.15) is 0 Å². The lowest BCUT2D eigenvalue weighted by atomic mass is 10.1.